The van der Waals surface area contributed by atoms with E-state index in [4.69, 9.17) is 9.47 Å². The lowest BCUT2D eigenvalue weighted by Gasteiger charge is -2.20. The molecule has 0 aliphatic heterocycles. The molecule has 2 aliphatic rings. The monoisotopic (exact) mass is 518 g/mol. The first-order valence-corrected chi connectivity index (χ1v) is 13.3. The average molecular weight is 519 g/mol. The lowest BCUT2D eigenvalue weighted by molar-refractivity contribution is -0.138. The van der Waals surface area contributed by atoms with Crippen LogP contribution in [-0.2, 0) is 11.2 Å². The normalized spacial score (nSPS) is 20.2. The van der Waals surface area contributed by atoms with Crippen LogP contribution in [-0.4, -0.2) is 28.4 Å². The van der Waals surface area contributed by atoms with E-state index in [0.29, 0.717) is 37.2 Å². The van der Waals surface area contributed by atoms with Crippen molar-refractivity contribution in [2.45, 2.75) is 71.0 Å². The number of aryl methyl sites for hydroxylation is 2. The second kappa shape index (κ2) is 10.1. The molecule has 0 heterocycles. The first-order valence-electron chi connectivity index (χ1n) is 13.3. The van der Waals surface area contributed by atoms with Gasteiger partial charge in [-0.3, -0.25) is 4.79 Å². The molecule has 0 saturated heterocycles. The third-order valence-electron chi connectivity index (χ3n) is 7.73. The highest BCUT2D eigenvalue weighted by Crippen LogP contribution is 2.48. The van der Waals surface area contributed by atoms with Crippen molar-refractivity contribution in [2.24, 2.45) is 5.92 Å². The summed E-state index contributed by atoms with van der Waals surface area (Å²) in [6.45, 7) is 8.04. The van der Waals surface area contributed by atoms with Crippen LogP contribution in [0.15, 0.2) is 48.5 Å². The molecule has 5 rings (SSSR count). The summed E-state index contributed by atoms with van der Waals surface area (Å²) in [5, 5.41) is 19.1. The fourth-order valence-electron chi connectivity index (χ4n) is 5.67. The van der Waals surface area contributed by atoms with Crippen LogP contribution in [0.5, 0.6) is 11.5 Å². The number of hydrogen-bond donors (Lipinski definition) is 2. The summed E-state index contributed by atoms with van der Waals surface area (Å²) in [6.07, 6.45) is 2.23. The summed E-state index contributed by atoms with van der Waals surface area (Å²) in [5.41, 5.74) is 6.03. The van der Waals surface area contributed by atoms with Crippen LogP contribution in [0.1, 0.15) is 72.9 Å². The highest BCUT2D eigenvalue weighted by atomic mass is 19.1. The number of ether oxygens (including phenoxy) is 2. The highest BCUT2D eigenvalue weighted by molar-refractivity contribution is 5.77. The van der Waals surface area contributed by atoms with Crippen molar-refractivity contribution < 1.29 is 28.9 Å². The predicted molar refractivity (Wildman–Crippen MR) is 144 cm³/mol. The predicted octanol–water partition coefficient (Wildman–Crippen LogP) is 6.90. The Morgan fingerprint density at radius 2 is 1.74 bits per heavy atom. The van der Waals surface area contributed by atoms with E-state index in [1.807, 2.05) is 56.3 Å². The number of halogens is 1. The summed E-state index contributed by atoms with van der Waals surface area (Å²) in [6, 6.07) is 15.0. The SMILES string of the molecule is Cc1cc(OCCC(C)(C)O)cc(C)c1-c1ccc(F)c2c1CCC2Oc1ccc([C@H]2C[C@@H]2C(=O)O)cc1. The molecular weight excluding hydrogens is 483 g/mol. The average Bonchev–Trinajstić information content (AvgIpc) is 3.54. The van der Waals surface area contributed by atoms with Gasteiger partial charge in [-0.2, -0.15) is 0 Å². The molecule has 5 nitrogen and oxygen atoms in total. The maximum Gasteiger partial charge on any atom is 0.307 e. The van der Waals surface area contributed by atoms with Crippen molar-refractivity contribution in [2.75, 3.05) is 6.61 Å². The van der Waals surface area contributed by atoms with Crippen molar-refractivity contribution in [1.82, 2.24) is 0 Å². The van der Waals surface area contributed by atoms with E-state index in [1.54, 1.807) is 13.8 Å². The molecule has 0 amide bonds. The Morgan fingerprint density at radius 3 is 2.34 bits per heavy atom. The van der Waals surface area contributed by atoms with E-state index in [1.165, 1.54) is 6.07 Å². The van der Waals surface area contributed by atoms with Gasteiger partial charge < -0.3 is 19.7 Å². The Labute approximate surface area is 223 Å². The Hall–Kier alpha value is -3.38. The zero-order valence-electron chi connectivity index (χ0n) is 22.4. The van der Waals surface area contributed by atoms with Gasteiger partial charge in [-0.1, -0.05) is 18.2 Å². The molecule has 0 aromatic heterocycles. The zero-order valence-corrected chi connectivity index (χ0v) is 22.4. The third-order valence-corrected chi connectivity index (χ3v) is 7.73. The van der Waals surface area contributed by atoms with E-state index in [9.17, 15) is 15.0 Å². The van der Waals surface area contributed by atoms with Gasteiger partial charge in [0.2, 0.25) is 0 Å². The third kappa shape index (κ3) is 5.41. The number of benzene rings is 3. The zero-order chi connectivity index (χ0) is 27.2. The Bertz CT molecular complexity index is 1330. The van der Waals surface area contributed by atoms with Gasteiger partial charge in [0.15, 0.2) is 0 Å². The summed E-state index contributed by atoms with van der Waals surface area (Å²) in [7, 11) is 0. The molecule has 3 aromatic rings. The maximum absolute atomic E-state index is 15.2. The minimum atomic E-state index is -0.778. The van der Waals surface area contributed by atoms with Crippen molar-refractivity contribution in [3.05, 3.63) is 82.2 Å². The molecule has 2 N–H and O–H groups in total. The number of aliphatic carboxylic acids is 1. The smallest absolute Gasteiger partial charge is 0.307 e. The van der Waals surface area contributed by atoms with Gasteiger partial charge in [-0.15, -0.1) is 0 Å². The van der Waals surface area contributed by atoms with Crippen molar-refractivity contribution >= 4 is 5.97 Å². The Morgan fingerprint density at radius 1 is 1.05 bits per heavy atom. The molecule has 0 bridgehead atoms. The van der Waals surface area contributed by atoms with Gasteiger partial charge in [0.25, 0.3) is 0 Å². The first-order chi connectivity index (χ1) is 18.0. The summed E-state index contributed by atoms with van der Waals surface area (Å²) >= 11 is 0. The van der Waals surface area contributed by atoms with Gasteiger partial charge in [0, 0.05) is 12.0 Å². The molecule has 0 radical (unpaired) electrons. The molecule has 38 heavy (non-hydrogen) atoms. The second-order valence-electron chi connectivity index (χ2n) is 11.3. The van der Waals surface area contributed by atoms with Crippen LogP contribution in [0.4, 0.5) is 4.39 Å². The van der Waals surface area contributed by atoms with E-state index in [0.717, 1.165) is 45.6 Å². The summed E-state index contributed by atoms with van der Waals surface area (Å²) in [5.74, 6) is 0.186. The second-order valence-corrected chi connectivity index (χ2v) is 11.3. The lowest BCUT2D eigenvalue weighted by atomic mass is 9.90. The molecule has 3 atom stereocenters. The molecule has 2 aliphatic carbocycles. The largest absolute Gasteiger partial charge is 0.493 e. The van der Waals surface area contributed by atoms with Crippen LogP contribution in [0.3, 0.4) is 0 Å². The number of hydrogen-bond acceptors (Lipinski definition) is 4. The van der Waals surface area contributed by atoms with E-state index >= 15 is 4.39 Å². The molecule has 1 saturated carbocycles. The lowest BCUT2D eigenvalue weighted by Crippen LogP contribution is -2.21. The number of carboxylic acid groups (broad SMARTS) is 1. The topological polar surface area (TPSA) is 76.0 Å². The quantitative estimate of drug-likeness (QED) is 0.322. The number of carbonyl (C=O) groups is 1. The number of aliphatic hydroxyl groups is 1. The van der Waals surface area contributed by atoms with Crippen molar-refractivity contribution in [3.63, 3.8) is 0 Å². The van der Waals surface area contributed by atoms with Crippen molar-refractivity contribution in [1.29, 1.82) is 0 Å². The van der Waals surface area contributed by atoms with E-state index < -0.39 is 11.6 Å². The molecule has 6 heteroatoms. The van der Waals surface area contributed by atoms with Crippen LogP contribution >= 0.6 is 0 Å². The standard InChI is InChI=1S/C32H35FO5/c1-18-15-22(37-14-13-32(3,4)36)16-19(2)29(18)23-9-11-27(33)30-24(23)10-12-28(30)38-21-7-5-20(6-8-21)25-17-26(25)31(34)35/h5-9,11,15-16,25-26,28,36H,10,12-14,17H2,1-4H3,(H,34,35)/t25-,26+,28?/m1/s1. The highest BCUT2D eigenvalue weighted by Gasteiger charge is 2.44. The molecular formula is C32H35FO5. The van der Waals surface area contributed by atoms with E-state index in [2.05, 4.69) is 0 Å². The number of fused-ring (bicyclic) bond motifs is 1. The molecule has 200 valence electrons. The minimum Gasteiger partial charge on any atom is -0.493 e. The molecule has 1 fully saturated rings. The van der Waals surface area contributed by atoms with Crippen molar-refractivity contribution in [3.8, 4) is 22.6 Å². The fourth-order valence-corrected chi connectivity index (χ4v) is 5.67. The molecule has 1 unspecified atom stereocenters. The van der Waals surface area contributed by atoms with Gasteiger partial charge in [0.1, 0.15) is 23.4 Å². The summed E-state index contributed by atoms with van der Waals surface area (Å²) < 4.78 is 27.3. The van der Waals surface area contributed by atoms with E-state index in [-0.39, 0.29) is 23.8 Å². The van der Waals surface area contributed by atoms with Gasteiger partial charge in [0.05, 0.1) is 18.1 Å². The number of carboxylic acids is 1. The van der Waals surface area contributed by atoms with Crippen LogP contribution < -0.4 is 9.47 Å². The van der Waals surface area contributed by atoms with Crippen LogP contribution in [0.2, 0.25) is 0 Å². The van der Waals surface area contributed by atoms with Crippen LogP contribution in [0.25, 0.3) is 11.1 Å². The maximum atomic E-state index is 15.2. The minimum absolute atomic E-state index is 0.0681. The number of rotatable bonds is 9. The fraction of sp³-hybridized carbons (Fsp3) is 0.406. The Balaban J connectivity index is 1.36. The van der Waals surface area contributed by atoms with Crippen LogP contribution in [0, 0.1) is 25.6 Å². The molecule has 0 spiro atoms. The van der Waals surface area contributed by atoms with Gasteiger partial charge in [-0.05, 0) is 117 Å². The summed E-state index contributed by atoms with van der Waals surface area (Å²) in [4.78, 5) is 11.2. The first kappa shape index (κ1) is 26.2. The Kier molecular flexibility index (Phi) is 6.95. The van der Waals surface area contributed by atoms with Gasteiger partial charge >= 0.3 is 5.97 Å². The van der Waals surface area contributed by atoms with Gasteiger partial charge in [-0.25, -0.2) is 4.39 Å². The molecule has 3 aromatic carbocycles.